The van der Waals surface area contributed by atoms with Gasteiger partial charge in [0.05, 0.1) is 5.37 Å². The SMILES string of the molecule is O=C(SC1CCCCN1C(=O)O)c1ccccn1. The Hall–Kier alpha value is -1.56. The third-order valence-electron chi connectivity index (χ3n) is 2.81. The van der Waals surface area contributed by atoms with Gasteiger partial charge in [0, 0.05) is 12.7 Å². The van der Waals surface area contributed by atoms with Crippen molar-refractivity contribution in [3.8, 4) is 0 Å². The average Bonchev–Trinajstić information content (AvgIpc) is 2.40. The zero-order valence-corrected chi connectivity index (χ0v) is 10.6. The molecule has 1 aromatic rings. The minimum absolute atomic E-state index is 0.172. The molecular weight excluding hydrogens is 252 g/mol. The molecule has 1 aliphatic heterocycles. The van der Waals surface area contributed by atoms with Gasteiger partial charge >= 0.3 is 6.09 Å². The molecule has 0 aromatic carbocycles. The van der Waals surface area contributed by atoms with Crippen LogP contribution in [0.3, 0.4) is 0 Å². The molecule has 0 bridgehead atoms. The number of carbonyl (C=O) groups excluding carboxylic acids is 1. The summed E-state index contributed by atoms with van der Waals surface area (Å²) in [6, 6.07) is 5.13. The molecule has 0 aliphatic carbocycles. The lowest BCUT2D eigenvalue weighted by Crippen LogP contribution is -2.41. The van der Waals surface area contributed by atoms with Gasteiger partial charge in [0.15, 0.2) is 0 Å². The number of amides is 1. The summed E-state index contributed by atoms with van der Waals surface area (Å²) in [5.41, 5.74) is 0.374. The largest absolute Gasteiger partial charge is 0.465 e. The molecule has 1 N–H and O–H groups in total. The van der Waals surface area contributed by atoms with E-state index in [1.807, 2.05) is 0 Å². The Morgan fingerprint density at radius 1 is 1.39 bits per heavy atom. The fourth-order valence-electron chi connectivity index (χ4n) is 1.91. The number of carboxylic acid groups (broad SMARTS) is 1. The maximum absolute atomic E-state index is 12.0. The Labute approximate surface area is 109 Å². The maximum atomic E-state index is 12.0. The maximum Gasteiger partial charge on any atom is 0.408 e. The zero-order valence-electron chi connectivity index (χ0n) is 9.78. The highest BCUT2D eigenvalue weighted by molar-refractivity contribution is 8.14. The summed E-state index contributed by atoms with van der Waals surface area (Å²) in [4.78, 5) is 28.4. The Kier molecular flexibility index (Phi) is 4.19. The van der Waals surface area contributed by atoms with Gasteiger partial charge in [-0.2, -0.15) is 0 Å². The summed E-state index contributed by atoms with van der Waals surface area (Å²) in [6.07, 6.45) is 3.14. The van der Waals surface area contributed by atoms with E-state index in [0.29, 0.717) is 12.2 Å². The second-order valence-electron chi connectivity index (χ2n) is 4.05. The predicted molar refractivity (Wildman–Crippen MR) is 68.5 cm³/mol. The molecule has 1 aromatic heterocycles. The lowest BCUT2D eigenvalue weighted by atomic mass is 10.1. The van der Waals surface area contributed by atoms with Crippen LogP contribution in [0.15, 0.2) is 24.4 Å². The number of thioether (sulfide) groups is 1. The van der Waals surface area contributed by atoms with Crippen LogP contribution >= 0.6 is 11.8 Å². The Bertz CT molecular complexity index is 438. The molecule has 18 heavy (non-hydrogen) atoms. The summed E-state index contributed by atoms with van der Waals surface area (Å²) < 4.78 is 0. The van der Waals surface area contributed by atoms with Crippen LogP contribution in [0.2, 0.25) is 0 Å². The van der Waals surface area contributed by atoms with Crippen LogP contribution in [0, 0.1) is 0 Å². The molecule has 1 aliphatic rings. The standard InChI is InChI=1S/C12H14N2O3S/c15-11(9-5-1-3-7-13-9)18-10-6-2-4-8-14(10)12(16)17/h1,3,5,7,10H,2,4,6,8H2,(H,16,17). The molecule has 0 radical (unpaired) electrons. The Morgan fingerprint density at radius 2 is 2.22 bits per heavy atom. The van der Waals surface area contributed by atoms with Crippen LogP contribution in [0.25, 0.3) is 0 Å². The lowest BCUT2D eigenvalue weighted by Gasteiger charge is -2.32. The van der Waals surface area contributed by atoms with E-state index in [0.717, 1.165) is 31.0 Å². The minimum Gasteiger partial charge on any atom is -0.465 e. The summed E-state index contributed by atoms with van der Waals surface area (Å²) in [6.45, 7) is 0.502. The van der Waals surface area contributed by atoms with Gasteiger partial charge in [-0.05, 0) is 31.4 Å². The van der Waals surface area contributed by atoms with Gasteiger partial charge < -0.3 is 5.11 Å². The van der Waals surface area contributed by atoms with Gasteiger partial charge in [0.2, 0.25) is 5.12 Å². The molecule has 2 heterocycles. The van der Waals surface area contributed by atoms with Crippen molar-refractivity contribution < 1.29 is 14.7 Å². The van der Waals surface area contributed by atoms with Crippen LogP contribution in [0.4, 0.5) is 4.79 Å². The van der Waals surface area contributed by atoms with Crippen molar-refractivity contribution in [1.82, 2.24) is 9.88 Å². The monoisotopic (exact) mass is 266 g/mol. The third-order valence-corrected chi connectivity index (χ3v) is 4.00. The molecule has 2 rings (SSSR count). The molecule has 5 nitrogen and oxygen atoms in total. The number of piperidine rings is 1. The van der Waals surface area contributed by atoms with Gasteiger partial charge in [-0.3, -0.25) is 14.7 Å². The zero-order chi connectivity index (χ0) is 13.0. The fraction of sp³-hybridized carbons (Fsp3) is 0.417. The first-order chi connectivity index (χ1) is 8.68. The van der Waals surface area contributed by atoms with E-state index in [1.165, 1.54) is 4.90 Å². The lowest BCUT2D eigenvalue weighted by molar-refractivity contribution is 0.107. The summed E-state index contributed by atoms with van der Waals surface area (Å²) in [5, 5.41) is 8.62. The van der Waals surface area contributed by atoms with E-state index in [2.05, 4.69) is 4.98 Å². The van der Waals surface area contributed by atoms with Crippen molar-refractivity contribution in [1.29, 1.82) is 0 Å². The first-order valence-electron chi connectivity index (χ1n) is 5.80. The molecule has 1 saturated heterocycles. The van der Waals surface area contributed by atoms with E-state index < -0.39 is 6.09 Å². The molecule has 0 spiro atoms. The van der Waals surface area contributed by atoms with E-state index in [9.17, 15) is 9.59 Å². The second-order valence-corrected chi connectivity index (χ2v) is 5.20. The van der Waals surface area contributed by atoms with E-state index >= 15 is 0 Å². The van der Waals surface area contributed by atoms with Crippen LogP contribution in [0.1, 0.15) is 29.8 Å². The van der Waals surface area contributed by atoms with Gasteiger partial charge in [-0.1, -0.05) is 17.8 Å². The van der Waals surface area contributed by atoms with Crippen LogP contribution < -0.4 is 0 Å². The smallest absolute Gasteiger partial charge is 0.408 e. The number of nitrogens with zero attached hydrogens (tertiary/aromatic N) is 2. The quantitative estimate of drug-likeness (QED) is 0.890. The van der Waals surface area contributed by atoms with Crippen LogP contribution in [-0.2, 0) is 0 Å². The highest BCUT2D eigenvalue weighted by Crippen LogP contribution is 2.28. The molecule has 1 unspecified atom stereocenters. The highest BCUT2D eigenvalue weighted by Gasteiger charge is 2.29. The molecule has 0 saturated carbocycles. The van der Waals surface area contributed by atoms with Crippen molar-refractivity contribution in [2.24, 2.45) is 0 Å². The van der Waals surface area contributed by atoms with E-state index in [-0.39, 0.29) is 10.5 Å². The normalized spacial score (nSPS) is 19.6. The molecule has 1 fully saturated rings. The average molecular weight is 266 g/mol. The predicted octanol–water partition coefficient (Wildman–Crippen LogP) is 2.45. The summed E-state index contributed by atoms with van der Waals surface area (Å²) >= 11 is 1.05. The number of aromatic nitrogens is 1. The second kappa shape index (κ2) is 5.86. The Morgan fingerprint density at radius 3 is 2.89 bits per heavy atom. The topological polar surface area (TPSA) is 70.5 Å². The highest BCUT2D eigenvalue weighted by atomic mass is 32.2. The molecular formula is C12H14N2O3S. The first kappa shape index (κ1) is 12.9. The summed E-state index contributed by atoms with van der Waals surface area (Å²) in [5.74, 6) is 0. The van der Waals surface area contributed by atoms with Crippen LogP contribution in [0.5, 0.6) is 0 Å². The number of rotatable bonds is 2. The number of carbonyl (C=O) groups is 2. The van der Waals surface area contributed by atoms with Crippen molar-refractivity contribution in [2.45, 2.75) is 24.6 Å². The van der Waals surface area contributed by atoms with Gasteiger partial charge in [-0.15, -0.1) is 0 Å². The molecule has 96 valence electrons. The number of likely N-dealkylation sites (tertiary alicyclic amines) is 1. The van der Waals surface area contributed by atoms with Gasteiger partial charge in [-0.25, -0.2) is 4.79 Å². The van der Waals surface area contributed by atoms with Crippen molar-refractivity contribution in [3.05, 3.63) is 30.1 Å². The van der Waals surface area contributed by atoms with Crippen molar-refractivity contribution in [3.63, 3.8) is 0 Å². The van der Waals surface area contributed by atoms with Gasteiger partial charge in [0.25, 0.3) is 0 Å². The van der Waals surface area contributed by atoms with Crippen LogP contribution in [-0.4, -0.2) is 38.1 Å². The third kappa shape index (κ3) is 3.01. The van der Waals surface area contributed by atoms with Crippen molar-refractivity contribution >= 4 is 23.0 Å². The van der Waals surface area contributed by atoms with E-state index in [4.69, 9.17) is 5.11 Å². The number of hydrogen-bond acceptors (Lipinski definition) is 4. The minimum atomic E-state index is -0.957. The number of hydrogen-bond donors (Lipinski definition) is 1. The Balaban J connectivity index is 2.03. The van der Waals surface area contributed by atoms with E-state index in [1.54, 1.807) is 24.4 Å². The van der Waals surface area contributed by atoms with Gasteiger partial charge in [0.1, 0.15) is 5.69 Å². The fourth-order valence-corrected chi connectivity index (χ4v) is 3.01. The molecule has 1 amide bonds. The molecule has 6 heteroatoms. The summed E-state index contributed by atoms with van der Waals surface area (Å²) in [7, 11) is 0. The first-order valence-corrected chi connectivity index (χ1v) is 6.68. The van der Waals surface area contributed by atoms with Crippen molar-refractivity contribution in [2.75, 3.05) is 6.54 Å². The molecule has 1 atom stereocenters. The number of pyridine rings is 1.